The van der Waals surface area contributed by atoms with Crippen molar-refractivity contribution in [3.05, 3.63) is 35.2 Å². The molecule has 1 N–H and O–H groups in total. The zero-order valence-electron chi connectivity index (χ0n) is 11.2. The molecule has 3 rings (SSSR count). The number of hydrogen-bond acceptors (Lipinski definition) is 4. The van der Waals surface area contributed by atoms with Crippen LogP contribution >= 0.6 is 11.3 Å². The maximum atomic E-state index is 12.1. The van der Waals surface area contributed by atoms with Crippen molar-refractivity contribution in [3.63, 3.8) is 0 Å². The summed E-state index contributed by atoms with van der Waals surface area (Å²) >= 11 is 1.64. The Labute approximate surface area is 123 Å². The molecule has 108 valence electrons. The SMILES string of the molecule is O=S1(=O)CCCCC1C(O)Cc1csc2ccccc12. The fourth-order valence-corrected chi connectivity index (χ4v) is 5.94. The van der Waals surface area contributed by atoms with E-state index >= 15 is 0 Å². The van der Waals surface area contributed by atoms with Crippen LogP contribution in [0.5, 0.6) is 0 Å². The van der Waals surface area contributed by atoms with Gasteiger partial charge in [0.05, 0.1) is 17.1 Å². The van der Waals surface area contributed by atoms with E-state index in [0.717, 1.165) is 23.8 Å². The normalized spacial score (nSPS) is 23.8. The third kappa shape index (κ3) is 2.62. The summed E-state index contributed by atoms with van der Waals surface area (Å²) in [5, 5.41) is 12.9. The van der Waals surface area contributed by atoms with Gasteiger partial charge in [0.2, 0.25) is 0 Å². The topological polar surface area (TPSA) is 54.4 Å². The number of aliphatic hydroxyl groups is 1. The van der Waals surface area contributed by atoms with Crippen molar-refractivity contribution < 1.29 is 13.5 Å². The maximum Gasteiger partial charge on any atom is 0.155 e. The molecule has 0 bridgehead atoms. The molecule has 5 heteroatoms. The molecule has 20 heavy (non-hydrogen) atoms. The lowest BCUT2D eigenvalue weighted by Crippen LogP contribution is -2.39. The lowest BCUT2D eigenvalue weighted by atomic mass is 10.0. The van der Waals surface area contributed by atoms with E-state index in [9.17, 15) is 13.5 Å². The molecule has 1 saturated heterocycles. The Kier molecular flexibility index (Phi) is 3.84. The average Bonchev–Trinajstić information content (AvgIpc) is 2.81. The summed E-state index contributed by atoms with van der Waals surface area (Å²) in [5.41, 5.74) is 1.05. The van der Waals surface area contributed by atoms with E-state index in [-0.39, 0.29) is 5.75 Å². The molecule has 0 radical (unpaired) electrons. The third-order valence-electron chi connectivity index (χ3n) is 4.05. The highest BCUT2D eigenvalue weighted by Gasteiger charge is 2.34. The number of sulfone groups is 1. The van der Waals surface area contributed by atoms with Gasteiger partial charge in [-0.2, -0.15) is 0 Å². The predicted octanol–water partition coefficient (Wildman–Crippen LogP) is 2.77. The van der Waals surface area contributed by atoms with Gasteiger partial charge in [0.1, 0.15) is 0 Å². The largest absolute Gasteiger partial charge is 0.391 e. The van der Waals surface area contributed by atoms with E-state index in [0.29, 0.717) is 12.8 Å². The highest BCUT2D eigenvalue weighted by Crippen LogP contribution is 2.29. The first-order valence-corrected chi connectivity index (χ1v) is 9.52. The van der Waals surface area contributed by atoms with Crippen molar-refractivity contribution in [1.29, 1.82) is 0 Å². The van der Waals surface area contributed by atoms with E-state index < -0.39 is 21.2 Å². The monoisotopic (exact) mass is 310 g/mol. The molecule has 2 atom stereocenters. The van der Waals surface area contributed by atoms with Crippen LogP contribution in [0.3, 0.4) is 0 Å². The van der Waals surface area contributed by atoms with Gasteiger partial charge in [-0.3, -0.25) is 0 Å². The number of aliphatic hydroxyl groups excluding tert-OH is 1. The minimum absolute atomic E-state index is 0.221. The second-order valence-corrected chi connectivity index (χ2v) is 8.68. The lowest BCUT2D eigenvalue weighted by molar-refractivity contribution is 0.162. The van der Waals surface area contributed by atoms with E-state index in [1.54, 1.807) is 11.3 Å². The van der Waals surface area contributed by atoms with Gasteiger partial charge in [-0.25, -0.2) is 8.42 Å². The molecule has 2 aromatic rings. The van der Waals surface area contributed by atoms with Crippen LogP contribution in [0.15, 0.2) is 29.6 Å². The zero-order valence-corrected chi connectivity index (χ0v) is 12.8. The van der Waals surface area contributed by atoms with Gasteiger partial charge >= 0.3 is 0 Å². The van der Waals surface area contributed by atoms with Crippen LogP contribution in [0.2, 0.25) is 0 Å². The van der Waals surface area contributed by atoms with Crippen molar-refractivity contribution in [1.82, 2.24) is 0 Å². The van der Waals surface area contributed by atoms with Crippen LogP contribution < -0.4 is 0 Å². The summed E-state index contributed by atoms with van der Waals surface area (Å²) < 4.78 is 25.3. The molecular formula is C15H18O3S2. The molecule has 1 aliphatic rings. The van der Waals surface area contributed by atoms with Crippen LogP contribution in [0.25, 0.3) is 10.1 Å². The molecule has 1 aliphatic heterocycles. The smallest absolute Gasteiger partial charge is 0.155 e. The Morgan fingerprint density at radius 2 is 2.10 bits per heavy atom. The van der Waals surface area contributed by atoms with Gasteiger partial charge in [-0.1, -0.05) is 24.6 Å². The molecule has 0 spiro atoms. The van der Waals surface area contributed by atoms with Crippen molar-refractivity contribution in [2.45, 2.75) is 37.0 Å². The predicted molar refractivity (Wildman–Crippen MR) is 83.0 cm³/mol. The Balaban J connectivity index is 1.83. The van der Waals surface area contributed by atoms with Gasteiger partial charge in [0.25, 0.3) is 0 Å². The van der Waals surface area contributed by atoms with Crippen LogP contribution in [-0.4, -0.2) is 30.6 Å². The molecule has 0 amide bonds. The van der Waals surface area contributed by atoms with E-state index in [2.05, 4.69) is 0 Å². The fourth-order valence-electron chi connectivity index (χ4n) is 2.96. The molecule has 3 nitrogen and oxygen atoms in total. The second kappa shape index (κ2) is 5.47. The van der Waals surface area contributed by atoms with Gasteiger partial charge in [-0.05, 0) is 35.2 Å². The highest BCUT2D eigenvalue weighted by atomic mass is 32.2. The highest BCUT2D eigenvalue weighted by molar-refractivity contribution is 7.92. The first kappa shape index (κ1) is 14.0. The molecule has 2 heterocycles. The van der Waals surface area contributed by atoms with Crippen molar-refractivity contribution in [2.75, 3.05) is 5.75 Å². The Hall–Kier alpha value is -0.910. The van der Waals surface area contributed by atoms with Crippen molar-refractivity contribution in [2.24, 2.45) is 0 Å². The summed E-state index contributed by atoms with van der Waals surface area (Å²) in [6, 6.07) is 8.05. The number of fused-ring (bicyclic) bond motifs is 1. The minimum Gasteiger partial charge on any atom is -0.391 e. The van der Waals surface area contributed by atoms with Crippen LogP contribution in [-0.2, 0) is 16.3 Å². The molecule has 1 fully saturated rings. The first-order valence-electron chi connectivity index (χ1n) is 6.93. The third-order valence-corrected chi connectivity index (χ3v) is 7.39. The van der Waals surface area contributed by atoms with Crippen LogP contribution in [0, 0.1) is 0 Å². The number of benzene rings is 1. The first-order chi connectivity index (χ1) is 9.58. The summed E-state index contributed by atoms with van der Waals surface area (Å²) in [6.07, 6.45) is 1.84. The quantitative estimate of drug-likeness (QED) is 0.948. The van der Waals surface area contributed by atoms with Gasteiger partial charge < -0.3 is 5.11 Å². The molecule has 0 aliphatic carbocycles. The zero-order chi connectivity index (χ0) is 14.2. The Morgan fingerprint density at radius 1 is 1.30 bits per heavy atom. The molecule has 0 saturated carbocycles. The number of rotatable bonds is 3. The Bertz CT molecular complexity index is 703. The van der Waals surface area contributed by atoms with E-state index in [4.69, 9.17) is 0 Å². The fraction of sp³-hybridized carbons (Fsp3) is 0.467. The average molecular weight is 310 g/mol. The molecular weight excluding hydrogens is 292 g/mol. The second-order valence-electron chi connectivity index (χ2n) is 5.43. The van der Waals surface area contributed by atoms with Crippen molar-refractivity contribution in [3.8, 4) is 0 Å². The van der Waals surface area contributed by atoms with Gasteiger partial charge in [-0.15, -0.1) is 11.3 Å². The standard InChI is InChI=1S/C15H18O3S2/c16-13(15-7-3-4-8-20(15,17)18)9-11-10-19-14-6-2-1-5-12(11)14/h1-2,5-6,10,13,15-16H,3-4,7-9H2. The summed E-state index contributed by atoms with van der Waals surface area (Å²) in [6.45, 7) is 0. The summed E-state index contributed by atoms with van der Waals surface area (Å²) in [7, 11) is -3.13. The Morgan fingerprint density at radius 3 is 2.90 bits per heavy atom. The van der Waals surface area contributed by atoms with Crippen molar-refractivity contribution >= 4 is 31.3 Å². The molecule has 1 aromatic heterocycles. The summed E-state index contributed by atoms with van der Waals surface area (Å²) in [4.78, 5) is 0. The molecule has 1 aromatic carbocycles. The van der Waals surface area contributed by atoms with Crippen LogP contribution in [0.4, 0.5) is 0 Å². The lowest BCUT2D eigenvalue weighted by Gasteiger charge is -2.26. The van der Waals surface area contributed by atoms with Crippen LogP contribution in [0.1, 0.15) is 24.8 Å². The van der Waals surface area contributed by atoms with E-state index in [1.165, 1.54) is 4.70 Å². The van der Waals surface area contributed by atoms with Gasteiger partial charge in [0.15, 0.2) is 9.84 Å². The minimum atomic E-state index is -3.13. The molecule has 2 unspecified atom stereocenters. The van der Waals surface area contributed by atoms with Gasteiger partial charge in [0, 0.05) is 11.1 Å². The number of hydrogen-bond donors (Lipinski definition) is 1. The summed E-state index contributed by atoms with van der Waals surface area (Å²) in [5.74, 6) is 0.221. The van der Waals surface area contributed by atoms with E-state index in [1.807, 2.05) is 29.6 Å². The number of thiophene rings is 1. The maximum absolute atomic E-state index is 12.1.